The van der Waals surface area contributed by atoms with Crippen LogP contribution in [0.15, 0.2) is 110 Å². The third-order valence-corrected chi connectivity index (χ3v) is 7.95. The number of carbonyl (C=O) groups excluding carboxylic acids is 1. The Morgan fingerprint density at radius 1 is 0.844 bits per heavy atom. The summed E-state index contributed by atoms with van der Waals surface area (Å²) in [5.41, 5.74) is 6.70. The standard InChI is InChI=1S/C39H43N3O3/c1-3-13-30-21-24-36(37(28-30)44-2)45-27-12-26-42-35-17-10-9-16-34(35)41-38(42)18-8-5-11-25-40-39(43)29-31-19-22-33(23-20-31)32-14-6-4-7-15-32/h3-4,6-7,9-10,14-17,19-24,28H,1,5,8,11-13,18,25-27,29H2,2H3,(H,40,43). The number of aromatic nitrogens is 2. The predicted molar refractivity (Wildman–Crippen MR) is 183 cm³/mol. The van der Waals surface area contributed by atoms with Gasteiger partial charge in [0.25, 0.3) is 0 Å². The number of rotatable bonds is 17. The number of ether oxygens (including phenoxy) is 2. The number of hydrogen-bond acceptors (Lipinski definition) is 4. The van der Waals surface area contributed by atoms with Crippen LogP contribution in [-0.4, -0.2) is 35.7 Å². The lowest BCUT2D eigenvalue weighted by molar-refractivity contribution is -0.120. The van der Waals surface area contributed by atoms with Crippen molar-refractivity contribution in [3.8, 4) is 22.6 Å². The highest BCUT2D eigenvalue weighted by Crippen LogP contribution is 2.29. The summed E-state index contributed by atoms with van der Waals surface area (Å²) in [6.45, 7) is 5.91. The van der Waals surface area contributed by atoms with Crippen LogP contribution < -0.4 is 14.8 Å². The zero-order valence-electron chi connectivity index (χ0n) is 26.2. The molecule has 1 aromatic heterocycles. The number of imidazole rings is 1. The first-order valence-corrected chi connectivity index (χ1v) is 15.9. The molecule has 5 rings (SSSR count). The highest BCUT2D eigenvalue weighted by atomic mass is 16.5. The number of fused-ring (bicyclic) bond motifs is 1. The van der Waals surface area contributed by atoms with Crippen LogP contribution >= 0.6 is 0 Å². The predicted octanol–water partition coefficient (Wildman–Crippen LogP) is 7.98. The Bertz CT molecular complexity index is 1680. The van der Waals surface area contributed by atoms with Gasteiger partial charge in [0.05, 0.1) is 31.2 Å². The largest absolute Gasteiger partial charge is 0.493 e. The van der Waals surface area contributed by atoms with Crippen molar-refractivity contribution in [1.82, 2.24) is 14.9 Å². The molecule has 0 saturated carbocycles. The van der Waals surface area contributed by atoms with Crippen LogP contribution in [0.25, 0.3) is 22.2 Å². The molecule has 0 bridgehead atoms. The van der Waals surface area contributed by atoms with Gasteiger partial charge in [-0.25, -0.2) is 4.98 Å². The van der Waals surface area contributed by atoms with Crippen LogP contribution in [0.1, 0.15) is 42.6 Å². The SMILES string of the molecule is C=CCc1ccc(OCCCn2c(CCCCCNC(=O)Cc3ccc(-c4ccccc4)cc3)nc3ccccc32)c(OC)c1. The number of nitrogens with zero attached hydrogens (tertiary/aromatic N) is 2. The van der Waals surface area contributed by atoms with Gasteiger partial charge < -0.3 is 19.4 Å². The molecular formula is C39H43N3O3. The number of allylic oxidation sites excluding steroid dienone is 1. The van der Waals surface area contributed by atoms with Crippen molar-refractivity contribution < 1.29 is 14.3 Å². The van der Waals surface area contributed by atoms with Crippen LogP contribution in [0.4, 0.5) is 0 Å². The number of para-hydroxylation sites is 2. The minimum Gasteiger partial charge on any atom is -0.493 e. The molecule has 0 radical (unpaired) electrons. The fourth-order valence-electron chi connectivity index (χ4n) is 5.60. The van der Waals surface area contributed by atoms with Gasteiger partial charge in [-0.05, 0) is 72.2 Å². The molecule has 4 aromatic carbocycles. The maximum Gasteiger partial charge on any atom is 0.224 e. The molecule has 0 unspecified atom stereocenters. The van der Waals surface area contributed by atoms with Gasteiger partial charge in [-0.2, -0.15) is 0 Å². The normalized spacial score (nSPS) is 11.0. The first kappa shape index (κ1) is 31.6. The van der Waals surface area contributed by atoms with Crippen molar-refractivity contribution in [1.29, 1.82) is 0 Å². The first-order valence-electron chi connectivity index (χ1n) is 15.9. The fourth-order valence-corrected chi connectivity index (χ4v) is 5.60. The molecule has 0 aliphatic carbocycles. The number of benzene rings is 4. The van der Waals surface area contributed by atoms with Crippen molar-refractivity contribution in [3.05, 3.63) is 127 Å². The topological polar surface area (TPSA) is 65.4 Å². The van der Waals surface area contributed by atoms with Gasteiger partial charge in [0.1, 0.15) is 5.82 Å². The molecule has 0 saturated heterocycles. The highest BCUT2D eigenvalue weighted by Gasteiger charge is 2.11. The minimum absolute atomic E-state index is 0.0665. The lowest BCUT2D eigenvalue weighted by Gasteiger charge is -2.13. The van der Waals surface area contributed by atoms with Crippen LogP contribution in [0.2, 0.25) is 0 Å². The molecule has 6 heteroatoms. The second-order valence-electron chi connectivity index (χ2n) is 11.2. The Kier molecular flexibility index (Phi) is 11.4. The van der Waals surface area contributed by atoms with Gasteiger partial charge in [0, 0.05) is 19.5 Å². The maximum atomic E-state index is 12.5. The minimum atomic E-state index is 0.0665. The lowest BCUT2D eigenvalue weighted by atomic mass is 10.0. The molecule has 0 fully saturated rings. The third kappa shape index (κ3) is 8.85. The van der Waals surface area contributed by atoms with Gasteiger partial charge in [-0.1, -0.05) is 85.3 Å². The molecule has 0 atom stereocenters. The number of carbonyl (C=O) groups is 1. The number of aryl methyl sites for hydroxylation is 2. The average molecular weight is 602 g/mol. The van der Waals surface area contributed by atoms with Crippen molar-refractivity contribution in [2.45, 2.75) is 51.5 Å². The van der Waals surface area contributed by atoms with E-state index >= 15 is 0 Å². The molecule has 1 heterocycles. The van der Waals surface area contributed by atoms with Crippen LogP contribution in [0.3, 0.4) is 0 Å². The molecule has 6 nitrogen and oxygen atoms in total. The van der Waals surface area contributed by atoms with Crippen LogP contribution in [0, 0.1) is 0 Å². The lowest BCUT2D eigenvalue weighted by Crippen LogP contribution is -2.26. The van der Waals surface area contributed by atoms with Crippen molar-refractivity contribution in [3.63, 3.8) is 0 Å². The molecular weight excluding hydrogens is 558 g/mol. The second kappa shape index (κ2) is 16.3. The molecule has 5 aromatic rings. The summed E-state index contributed by atoms with van der Waals surface area (Å²) in [7, 11) is 1.67. The van der Waals surface area contributed by atoms with E-state index in [0.717, 1.165) is 90.1 Å². The van der Waals surface area contributed by atoms with E-state index in [0.29, 0.717) is 19.6 Å². The van der Waals surface area contributed by atoms with E-state index in [2.05, 4.69) is 65.0 Å². The van der Waals surface area contributed by atoms with Gasteiger partial charge in [0.2, 0.25) is 5.91 Å². The summed E-state index contributed by atoms with van der Waals surface area (Å²) >= 11 is 0. The van der Waals surface area contributed by atoms with E-state index in [1.165, 1.54) is 5.56 Å². The fraction of sp³-hybridized carbons (Fsp3) is 0.282. The van der Waals surface area contributed by atoms with Gasteiger partial charge >= 0.3 is 0 Å². The smallest absolute Gasteiger partial charge is 0.224 e. The van der Waals surface area contributed by atoms with Gasteiger partial charge in [0.15, 0.2) is 11.5 Å². The van der Waals surface area contributed by atoms with E-state index in [4.69, 9.17) is 14.5 Å². The Balaban J connectivity index is 1.05. The van der Waals surface area contributed by atoms with Crippen molar-refractivity contribution in [2.75, 3.05) is 20.3 Å². The Morgan fingerprint density at radius 2 is 1.60 bits per heavy atom. The number of methoxy groups -OCH3 is 1. The first-order chi connectivity index (χ1) is 22.1. The summed E-state index contributed by atoms with van der Waals surface area (Å²) < 4.78 is 14.0. The average Bonchev–Trinajstić information content (AvgIpc) is 3.43. The molecule has 0 aliphatic heterocycles. The maximum absolute atomic E-state index is 12.5. The van der Waals surface area contributed by atoms with Gasteiger partial charge in [-0.3, -0.25) is 4.79 Å². The van der Waals surface area contributed by atoms with E-state index in [-0.39, 0.29) is 5.91 Å². The van der Waals surface area contributed by atoms with E-state index in [9.17, 15) is 4.79 Å². The second-order valence-corrected chi connectivity index (χ2v) is 11.2. The van der Waals surface area contributed by atoms with E-state index in [1.807, 2.05) is 54.6 Å². The van der Waals surface area contributed by atoms with Crippen LogP contribution in [-0.2, 0) is 30.6 Å². The highest BCUT2D eigenvalue weighted by molar-refractivity contribution is 5.79. The van der Waals surface area contributed by atoms with E-state index in [1.54, 1.807) is 7.11 Å². The summed E-state index contributed by atoms with van der Waals surface area (Å²) in [6.07, 6.45) is 7.82. The summed E-state index contributed by atoms with van der Waals surface area (Å²) in [6, 6.07) is 32.9. The Hall–Kier alpha value is -4.84. The monoisotopic (exact) mass is 601 g/mol. The Morgan fingerprint density at radius 3 is 2.40 bits per heavy atom. The third-order valence-electron chi connectivity index (χ3n) is 7.95. The van der Waals surface area contributed by atoms with Crippen molar-refractivity contribution in [2.24, 2.45) is 0 Å². The quantitative estimate of drug-likeness (QED) is 0.0867. The number of amides is 1. The van der Waals surface area contributed by atoms with Gasteiger partial charge in [-0.15, -0.1) is 6.58 Å². The van der Waals surface area contributed by atoms with Crippen molar-refractivity contribution >= 4 is 16.9 Å². The number of nitrogens with one attached hydrogen (secondary N) is 1. The number of hydrogen-bond donors (Lipinski definition) is 1. The molecule has 45 heavy (non-hydrogen) atoms. The summed E-state index contributed by atoms with van der Waals surface area (Å²) in [5, 5.41) is 3.09. The summed E-state index contributed by atoms with van der Waals surface area (Å²) in [5.74, 6) is 2.67. The zero-order valence-corrected chi connectivity index (χ0v) is 26.2. The molecule has 1 amide bonds. The Labute approximate surface area is 266 Å². The summed E-state index contributed by atoms with van der Waals surface area (Å²) in [4.78, 5) is 17.5. The zero-order chi connectivity index (χ0) is 31.3. The van der Waals surface area contributed by atoms with E-state index < -0.39 is 0 Å². The molecule has 232 valence electrons. The molecule has 0 spiro atoms. The molecule has 0 aliphatic rings. The number of unbranched alkanes of at least 4 members (excludes halogenated alkanes) is 2. The van der Waals surface area contributed by atoms with Crippen LogP contribution in [0.5, 0.6) is 11.5 Å². The molecule has 1 N–H and O–H groups in total.